The van der Waals surface area contributed by atoms with E-state index in [2.05, 4.69) is 0 Å². The van der Waals surface area contributed by atoms with Gasteiger partial charge in [-0.1, -0.05) is 18.2 Å². The number of carbonyl (C=O) groups excluding carboxylic acids is 2. The minimum atomic E-state index is -1.96. The third-order valence-electron chi connectivity index (χ3n) is 6.08. The van der Waals surface area contributed by atoms with E-state index in [9.17, 15) is 19.1 Å². The van der Waals surface area contributed by atoms with E-state index in [4.69, 9.17) is 33.2 Å². The number of benzene rings is 1. The smallest absolute Gasteiger partial charge is 0.338 e. The van der Waals surface area contributed by atoms with Gasteiger partial charge in [0.1, 0.15) is 24.4 Å². The van der Waals surface area contributed by atoms with Gasteiger partial charge in [0.2, 0.25) is 6.36 Å². The average molecular weight is 515 g/mol. The molecule has 2 fully saturated rings. The Morgan fingerprint density at radius 3 is 2.22 bits per heavy atom. The minimum absolute atomic E-state index is 0.140. The Balaban J connectivity index is 1.85. The molecule has 10 nitrogen and oxygen atoms in total. The van der Waals surface area contributed by atoms with E-state index in [0.717, 1.165) is 0 Å². The number of ether oxygens (including phenoxy) is 7. The van der Waals surface area contributed by atoms with Crippen molar-refractivity contribution in [2.45, 2.75) is 83.1 Å². The van der Waals surface area contributed by atoms with Crippen molar-refractivity contribution in [1.82, 2.24) is 0 Å². The molecule has 3 rings (SSSR count). The van der Waals surface area contributed by atoms with E-state index in [1.165, 1.54) is 14.2 Å². The molecule has 1 aromatic rings. The molecule has 0 aromatic heterocycles. The number of esters is 2. The van der Waals surface area contributed by atoms with Gasteiger partial charge in [0.05, 0.1) is 23.7 Å². The first kappa shape index (κ1) is 28.4. The summed E-state index contributed by atoms with van der Waals surface area (Å²) in [5, 5.41) is 10.2. The number of carbonyl (C=O) groups is 2. The van der Waals surface area contributed by atoms with E-state index >= 15 is 0 Å². The van der Waals surface area contributed by atoms with Crippen LogP contribution in [0, 0.1) is 5.41 Å². The lowest BCUT2D eigenvalue weighted by Crippen LogP contribution is -2.62. The van der Waals surface area contributed by atoms with Crippen LogP contribution in [0.2, 0.25) is 0 Å². The van der Waals surface area contributed by atoms with E-state index < -0.39 is 72.7 Å². The van der Waals surface area contributed by atoms with Crippen molar-refractivity contribution < 1.29 is 52.2 Å². The molecule has 36 heavy (non-hydrogen) atoms. The van der Waals surface area contributed by atoms with Crippen molar-refractivity contribution in [1.29, 1.82) is 0 Å². The molecule has 0 saturated carbocycles. The van der Waals surface area contributed by atoms with E-state index in [1.807, 2.05) is 0 Å². The first-order chi connectivity index (χ1) is 17.0. The summed E-state index contributed by atoms with van der Waals surface area (Å²) in [6.45, 7) is 6.46. The van der Waals surface area contributed by atoms with Crippen LogP contribution in [0.3, 0.4) is 0 Å². The van der Waals surface area contributed by atoms with Crippen molar-refractivity contribution in [3.8, 4) is 0 Å². The van der Waals surface area contributed by atoms with E-state index in [-0.39, 0.29) is 6.61 Å². The molecule has 0 aliphatic carbocycles. The van der Waals surface area contributed by atoms with Gasteiger partial charge in [-0.05, 0) is 39.8 Å². The van der Waals surface area contributed by atoms with Gasteiger partial charge >= 0.3 is 11.9 Å². The molecule has 2 saturated heterocycles. The number of halogens is 1. The molecule has 202 valence electrons. The summed E-state index contributed by atoms with van der Waals surface area (Å²) in [7, 11) is 2.70. The second-order valence-electron chi connectivity index (χ2n) is 9.82. The summed E-state index contributed by atoms with van der Waals surface area (Å²) >= 11 is 0. The van der Waals surface area contributed by atoms with Crippen LogP contribution in [0.1, 0.15) is 38.1 Å². The Morgan fingerprint density at radius 1 is 1.00 bits per heavy atom. The molecule has 0 bridgehead atoms. The Morgan fingerprint density at radius 2 is 1.64 bits per heavy atom. The van der Waals surface area contributed by atoms with Crippen molar-refractivity contribution in [2.75, 3.05) is 20.8 Å². The van der Waals surface area contributed by atoms with E-state index in [1.54, 1.807) is 58.0 Å². The SMILES string of the molecule is COC1C(OC(=O)c2ccccc2)COC(OC2C(C)OC(F)C(O)C2OC)C1OC(=O)C(C)(C)C. The highest BCUT2D eigenvalue weighted by molar-refractivity contribution is 5.89. The zero-order valence-electron chi connectivity index (χ0n) is 21.3. The molecule has 2 heterocycles. The predicted octanol–water partition coefficient (Wildman–Crippen LogP) is 2.02. The van der Waals surface area contributed by atoms with Crippen LogP contribution < -0.4 is 0 Å². The number of hydrogen-bond acceptors (Lipinski definition) is 10. The third-order valence-corrected chi connectivity index (χ3v) is 6.08. The summed E-state index contributed by atoms with van der Waals surface area (Å²) in [6, 6.07) is 8.39. The molecule has 11 heteroatoms. The summed E-state index contributed by atoms with van der Waals surface area (Å²) in [5.41, 5.74) is -0.537. The van der Waals surface area contributed by atoms with Crippen LogP contribution in [0.15, 0.2) is 30.3 Å². The quantitative estimate of drug-likeness (QED) is 0.541. The third kappa shape index (κ3) is 6.39. The van der Waals surface area contributed by atoms with Gasteiger partial charge in [0.25, 0.3) is 0 Å². The summed E-state index contributed by atoms with van der Waals surface area (Å²) in [6.07, 6.45) is -10.7. The van der Waals surface area contributed by atoms with Gasteiger partial charge in [0, 0.05) is 14.2 Å². The number of methoxy groups -OCH3 is 2. The molecule has 9 unspecified atom stereocenters. The highest BCUT2D eigenvalue weighted by atomic mass is 19.1. The second-order valence-corrected chi connectivity index (χ2v) is 9.82. The van der Waals surface area contributed by atoms with Gasteiger partial charge in [-0.25, -0.2) is 9.18 Å². The fourth-order valence-electron chi connectivity index (χ4n) is 4.04. The van der Waals surface area contributed by atoms with Crippen molar-refractivity contribution >= 4 is 11.9 Å². The van der Waals surface area contributed by atoms with Crippen LogP contribution in [-0.2, 0) is 38.0 Å². The van der Waals surface area contributed by atoms with Crippen LogP contribution in [-0.4, -0.2) is 93.2 Å². The summed E-state index contributed by atoms with van der Waals surface area (Å²) < 4.78 is 53.4. The molecular formula is C25H35FO10. The van der Waals surface area contributed by atoms with Crippen LogP contribution in [0.4, 0.5) is 4.39 Å². The van der Waals surface area contributed by atoms with Gasteiger partial charge < -0.3 is 38.3 Å². The molecule has 1 N–H and O–H groups in total. The predicted molar refractivity (Wildman–Crippen MR) is 123 cm³/mol. The van der Waals surface area contributed by atoms with Crippen LogP contribution >= 0.6 is 0 Å². The maximum Gasteiger partial charge on any atom is 0.338 e. The highest BCUT2D eigenvalue weighted by Crippen LogP contribution is 2.32. The lowest BCUT2D eigenvalue weighted by atomic mass is 9.96. The molecule has 0 radical (unpaired) electrons. The fourth-order valence-corrected chi connectivity index (χ4v) is 4.04. The standard InChI is InChI=1S/C25H35FO10/c1-13-17(19(31-6)16(27)21(26)33-13)35-23-20(36-24(29)25(2,3)4)18(30-5)15(12-32-23)34-22(28)14-10-8-7-9-11-14/h7-11,13,15-21,23,27H,12H2,1-6H3. The van der Waals surface area contributed by atoms with Gasteiger partial charge in [-0.15, -0.1) is 0 Å². The number of aliphatic hydroxyl groups excluding tert-OH is 1. The molecule has 2 aliphatic rings. The van der Waals surface area contributed by atoms with Crippen LogP contribution in [0.5, 0.6) is 0 Å². The van der Waals surface area contributed by atoms with Crippen molar-refractivity contribution in [3.63, 3.8) is 0 Å². The molecule has 1 aromatic carbocycles. The van der Waals surface area contributed by atoms with Gasteiger partial charge in [-0.3, -0.25) is 4.79 Å². The molecule has 0 spiro atoms. The first-order valence-electron chi connectivity index (χ1n) is 11.7. The summed E-state index contributed by atoms with van der Waals surface area (Å²) in [5.74, 6) is -1.17. The Hall–Kier alpha value is -2.15. The van der Waals surface area contributed by atoms with Crippen molar-refractivity contribution in [3.05, 3.63) is 35.9 Å². The Labute approximate surface area is 209 Å². The summed E-state index contributed by atoms with van der Waals surface area (Å²) in [4.78, 5) is 25.5. The van der Waals surface area contributed by atoms with Gasteiger partial charge in [0.15, 0.2) is 18.5 Å². The lowest BCUT2D eigenvalue weighted by Gasteiger charge is -2.45. The Bertz CT molecular complexity index is 875. The maximum absolute atomic E-state index is 14.0. The zero-order valence-corrected chi connectivity index (χ0v) is 21.3. The topological polar surface area (TPSA) is 119 Å². The van der Waals surface area contributed by atoms with Crippen LogP contribution in [0.25, 0.3) is 0 Å². The highest BCUT2D eigenvalue weighted by Gasteiger charge is 2.51. The lowest BCUT2D eigenvalue weighted by molar-refractivity contribution is -0.334. The van der Waals surface area contributed by atoms with Gasteiger partial charge in [-0.2, -0.15) is 0 Å². The van der Waals surface area contributed by atoms with Crippen molar-refractivity contribution in [2.24, 2.45) is 5.41 Å². The maximum atomic E-state index is 14.0. The number of rotatable bonds is 7. The molecular weight excluding hydrogens is 479 g/mol. The second kappa shape index (κ2) is 11.9. The van der Waals surface area contributed by atoms with E-state index in [0.29, 0.717) is 5.56 Å². The fraction of sp³-hybridized carbons (Fsp3) is 0.680. The number of hydrogen-bond donors (Lipinski definition) is 1. The first-order valence-corrected chi connectivity index (χ1v) is 11.7. The Kier molecular flexibility index (Phi) is 9.42. The normalized spacial score (nSPS) is 35.2. The molecule has 2 aliphatic heterocycles. The minimum Gasteiger partial charge on any atom is -0.454 e. The molecule has 9 atom stereocenters. The molecule has 0 amide bonds. The number of aliphatic hydroxyl groups is 1. The monoisotopic (exact) mass is 514 g/mol. The zero-order chi connectivity index (χ0) is 26.6. The number of alkyl halides is 1. The largest absolute Gasteiger partial charge is 0.454 e. The average Bonchev–Trinajstić information content (AvgIpc) is 2.84.